The Labute approximate surface area is 146 Å². The molecule has 0 saturated carbocycles. The zero-order chi connectivity index (χ0) is 16.1. The second kappa shape index (κ2) is 6.38. The van der Waals surface area contributed by atoms with E-state index in [0.717, 1.165) is 17.7 Å². The molecule has 2 aromatic rings. The van der Waals surface area contributed by atoms with Gasteiger partial charge >= 0.3 is 0 Å². The summed E-state index contributed by atoms with van der Waals surface area (Å²) >= 11 is 2.00. The van der Waals surface area contributed by atoms with Gasteiger partial charge in [-0.1, -0.05) is 46.9 Å². The van der Waals surface area contributed by atoms with E-state index in [0.29, 0.717) is 5.66 Å². The third-order valence-corrected chi connectivity index (χ3v) is 14.0. The summed E-state index contributed by atoms with van der Waals surface area (Å²) in [6.07, 6.45) is 4.96. The van der Waals surface area contributed by atoms with Gasteiger partial charge in [0.25, 0.3) is 0 Å². The van der Waals surface area contributed by atoms with Crippen LogP contribution in [0, 0.1) is 0 Å². The molecule has 4 heteroatoms. The molecule has 124 valence electrons. The fraction of sp³-hybridized carbons (Fsp3) is 0.579. The standard InChI is InChI=1S/C19H26OP2S/c1-12-8-9-13(2)21(12)18-15-6-4-5-7-16(15)23-19(18)22-14(3)10-11-17(22)20/h4-7,12-14,17,20H,8-11H2,1-3H3/t12-,13-,14-,17+,22?/m0/s1. The number of hydrogen-bond acceptors (Lipinski definition) is 2. The second-order valence-electron chi connectivity index (χ2n) is 7.25. The van der Waals surface area contributed by atoms with Gasteiger partial charge in [0.15, 0.2) is 0 Å². The molecule has 0 bridgehead atoms. The van der Waals surface area contributed by atoms with Gasteiger partial charge in [-0.25, -0.2) is 0 Å². The van der Waals surface area contributed by atoms with Crippen LogP contribution in [0.4, 0.5) is 0 Å². The molecule has 1 unspecified atom stereocenters. The molecule has 5 atom stereocenters. The number of benzene rings is 1. The van der Waals surface area contributed by atoms with E-state index in [4.69, 9.17) is 0 Å². The van der Waals surface area contributed by atoms with Crippen molar-refractivity contribution >= 4 is 47.2 Å². The topological polar surface area (TPSA) is 20.2 Å². The van der Waals surface area contributed by atoms with E-state index in [2.05, 4.69) is 45.0 Å². The predicted molar refractivity (Wildman–Crippen MR) is 108 cm³/mol. The molecule has 0 spiro atoms. The predicted octanol–water partition coefficient (Wildman–Crippen LogP) is 5.19. The van der Waals surface area contributed by atoms with Crippen molar-refractivity contribution in [3.63, 3.8) is 0 Å². The van der Waals surface area contributed by atoms with Gasteiger partial charge in [-0.2, -0.15) is 0 Å². The fourth-order valence-corrected chi connectivity index (χ4v) is 13.8. The quantitative estimate of drug-likeness (QED) is 0.728. The first-order valence-corrected chi connectivity index (χ1v) is 12.6. The van der Waals surface area contributed by atoms with Gasteiger partial charge in [0.05, 0.1) is 5.85 Å². The summed E-state index contributed by atoms with van der Waals surface area (Å²) in [4.78, 5) is 0. The van der Waals surface area contributed by atoms with Crippen molar-refractivity contribution < 1.29 is 5.11 Å². The zero-order valence-electron chi connectivity index (χ0n) is 14.2. The van der Waals surface area contributed by atoms with Gasteiger partial charge in [0.1, 0.15) is 0 Å². The Balaban J connectivity index is 1.92. The minimum Gasteiger partial charge on any atom is -0.388 e. The molecule has 23 heavy (non-hydrogen) atoms. The van der Waals surface area contributed by atoms with Crippen LogP contribution in [-0.2, 0) is 0 Å². The number of aliphatic hydroxyl groups is 1. The van der Waals surface area contributed by atoms with Gasteiger partial charge in [0.2, 0.25) is 0 Å². The van der Waals surface area contributed by atoms with E-state index in [-0.39, 0.29) is 13.8 Å². The zero-order valence-corrected chi connectivity index (χ0v) is 16.8. The Hall–Kier alpha value is -0.000000000000000111. The monoisotopic (exact) mass is 364 g/mol. The first-order chi connectivity index (χ1) is 11.1. The average Bonchev–Trinajstić information content (AvgIpc) is 3.16. The lowest BCUT2D eigenvalue weighted by molar-refractivity contribution is 0.256. The van der Waals surface area contributed by atoms with Crippen LogP contribution in [0.2, 0.25) is 0 Å². The van der Waals surface area contributed by atoms with E-state index in [1.807, 2.05) is 11.3 Å². The minimum absolute atomic E-state index is 0.0740. The third kappa shape index (κ3) is 2.71. The molecular weight excluding hydrogens is 338 g/mol. The summed E-state index contributed by atoms with van der Waals surface area (Å²) in [5.74, 6) is -0.0740. The number of thiophene rings is 1. The summed E-state index contributed by atoms with van der Waals surface area (Å²) in [7, 11) is -0.479. The normalized spacial score (nSPS) is 35.4. The van der Waals surface area contributed by atoms with Crippen molar-refractivity contribution in [3.8, 4) is 0 Å². The highest BCUT2D eigenvalue weighted by Gasteiger charge is 2.40. The molecule has 2 saturated heterocycles. The molecule has 2 aliphatic rings. The van der Waals surface area contributed by atoms with Crippen LogP contribution in [0.1, 0.15) is 46.5 Å². The lowest BCUT2D eigenvalue weighted by atomic mass is 10.2. The van der Waals surface area contributed by atoms with Gasteiger partial charge in [-0.15, -0.1) is 11.3 Å². The van der Waals surface area contributed by atoms with Crippen molar-refractivity contribution in [1.29, 1.82) is 0 Å². The van der Waals surface area contributed by atoms with Crippen LogP contribution in [-0.4, -0.2) is 27.9 Å². The lowest BCUT2D eigenvalue weighted by Crippen LogP contribution is -2.25. The Morgan fingerprint density at radius 2 is 1.52 bits per heavy atom. The van der Waals surface area contributed by atoms with Gasteiger partial charge < -0.3 is 5.11 Å². The fourth-order valence-electron chi connectivity index (χ4n) is 4.38. The highest BCUT2D eigenvalue weighted by Crippen LogP contribution is 2.60. The Bertz CT molecular complexity index is 692. The Morgan fingerprint density at radius 3 is 2.17 bits per heavy atom. The highest BCUT2D eigenvalue weighted by molar-refractivity contribution is 7.78. The van der Waals surface area contributed by atoms with Gasteiger partial charge in [0, 0.05) is 20.0 Å². The van der Waals surface area contributed by atoms with E-state index >= 15 is 0 Å². The largest absolute Gasteiger partial charge is 0.388 e. The smallest absolute Gasteiger partial charge is 0.0783 e. The molecule has 2 aliphatic heterocycles. The minimum atomic E-state index is -0.394. The van der Waals surface area contributed by atoms with E-state index in [1.165, 1.54) is 29.3 Å². The molecule has 1 nitrogen and oxygen atoms in total. The van der Waals surface area contributed by atoms with Crippen molar-refractivity contribution in [2.24, 2.45) is 0 Å². The van der Waals surface area contributed by atoms with Gasteiger partial charge in [-0.3, -0.25) is 0 Å². The Morgan fingerprint density at radius 1 is 0.913 bits per heavy atom. The van der Waals surface area contributed by atoms with E-state index in [9.17, 15) is 5.11 Å². The van der Waals surface area contributed by atoms with Crippen molar-refractivity contribution in [2.75, 3.05) is 0 Å². The SMILES string of the molecule is C[C@H]1CC[C@H](C)P1c1c(P2[C@@H](C)CC[C@@H]2O)sc2ccccc12. The molecular formula is C19H26OP2S. The molecule has 3 heterocycles. The maximum atomic E-state index is 10.7. The summed E-state index contributed by atoms with van der Waals surface area (Å²) in [6, 6.07) is 9.00. The van der Waals surface area contributed by atoms with Crippen molar-refractivity contribution in [3.05, 3.63) is 24.3 Å². The van der Waals surface area contributed by atoms with Crippen LogP contribution in [0.15, 0.2) is 24.3 Å². The van der Waals surface area contributed by atoms with E-state index < -0.39 is 7.92 Å². The third-order valence-electron chi connectivity index (χ3n) is 5.63. The first-order valence-electron chi connectivity index (χ1n) is 8.84. The molecule has 0 amide bonds. The maximum absolute atomic E-state index is 10.7. The molecule has 0 radical (unpaired) electrons. The molecule has 4 rings (SSSR count). The molecule has 1 N–H and O–H groups in total. The molecule has 0 aliphatic carbocycles. The molecule has 1 aromatic carbocycles. The number of hydrogen-bond donors (Lipinski definition) is 1. The summed E-state index contributed by atoms with van der Waals surface area (Å²) in [5.41, 5.74) is 2.35. The summed E-state index contributed by atoms with van der Waals surface area (Å²) in [6.45, 7) is 7.30. The van der Waals surface area contributed by atoms with Crippen molar-refractivity contribution in [2.45, 2.75) is 69.3 Å². The first kappa shape index (κ1) is 16.5. The number of aliphatic hydroxyl groups excluding tert-OH is 1. The van der Waals surface area contributed by atoms with Crippen LogP contribution in [0.5, 0.6) is 0 Å². The highest BCUT2D eigenvalue weighted by atomic mass is 32.1. The lowest BCUT2D eigenvalue weighted by Gasteiger charge is -2.27. The summed E-state index contributed by atoms with van der Waals surface area (Å²) < 4.78 is 3.05. The van der Waals surface area contributed by atoms with Crippen LogP contribution < -0.4 is 9.92 Å². The van der Waals surface area contributed by atoms with Crippen molar-refractivity contribution in [1.82, 2.24) is 0 Å². The Kier molecular flexibility index (Phi) is 4.57. The van der Waals surface area contributed by atoms with Crippen LogP contribution in [0.3, 0.4) is 0 Å². The number of fused-ring (bicyclic) bond motifs is 1. The maximum Gasteiger partial charge on any atom is 0.0783 e. The van der Waals surface area contributed by atoms with E-state index in [1.54, 1.807) is 9.92 Å². The van der Waals surface area contributed by atoms with Crippen LogP contribution in [0.25, 0.3) is 10.1 Å². The molecule has 1 aromatic heterocycles. The molecule has 2 fully saturated rings. The van der Waals surface area contributed by atoms with Gasteiger partial charge in [-0.05, 0) is 56.6 Å². The number of rotatable bonds is 2. The second-order valence-corrected chi connectivity index (χ2v) is 14.4. The summed E-state index contributed by atoms with van der Waals surface area (Å²) in [5, 5.41) is 13.9. The van der Waals surface area contributed by atoms with Crippen LogP contribution >= 0.6 is 27.2 Å². The average molecular weight is 364 g/mol.